The van der Waals surface area contributed by atoms with E-state index in [-0.39, 0.29) is 23.8 Å². The van der Waals surface area contributed by atoms with E-state index in [9.17, 15) is 9.59 Å². The van der Waals surface area contributed by atoms with E-state index in [1.54, 1.807) is 6.92 Å². The Morgan fingerprint density at radius 1 is 1.03 bits per heavy atom. The fraction of sp³-hybridized carbons (Fsp3) is 0.533. The van der Waals surface area contributed by atoms with Crippen molar-refractivity contribution in [2.24, 2.45) is 11.7 Å². The van der Waals surface area contributed by atoms with Crippen molar-refractivity contribution in [2.75, 3.05) is 24.7 Å². The Morgan fingerprint density at radius 2 is 1.68 bits per heavy atom. The molecular weight excluding hydrogens is 480 g/mol. The summed E-state index contributed by atoms with van der Waals surface area (Å²) in [7, 11) is 0. The molecular formula is C30H42N4O2S. The third kappa shape index (κ3) is 8.06. The zero-order chi connectivity index (χ0) is 26.0. The number of carbonyl (C=O) groups is 2. The first-order valence-electron chi connectivity index (χ1n) is 13.8. The second-order valence-electron chi connectivity index (χ2n) is 10.6. The molecule has 1 heterocycles. The zero-order valence-electron chi connectivity index (χ0n) is 22.1. The molecule has 1 saturated heterocycles. The lowest BCUT2D eigenvalue weighted by atomic mass is 9.83. The van der Waals surface area contributed by atoms with Crippen molar-refractivity contribution < 1.29 is 9.59 Å². The largest absolute Gasteiger partial charge is 0.343 e. The van der Waals surface area contributed by atoms with Crippen LogP contribution in [0.15, 0.2) is 60.7 Å². The summed E-state index contributed by atoms with van der Waals surface area (Å²) in [6.07, 6.45) is 6.38. The van der Waals surface area contributed by atoms with E-state index in [1.165, 1.54) is 17.5 Å². The fourth-order valence-electron chi connectivity index (χ4n) is 5.50. The van der Waals surface area contributed by atoms with Crippen molar-refractivity contribution in [1.82, 2.24) is 15.1 Å². The van der Waals surface area contributed by atoms with Gasteiger partial charge in [-0.25, -0.2) is 0 Å². The molecule has 200 valence electrons. The number of rotatable bonds is 11. The first-order chi connectivity index (χ1) is 18.0. The van der Waals surface area contributed by atoms with E-state index in [1.807, 2.05) is 22.7 Å². The standard InChI is InChI=1S/C30H42N4O2S/c1-23(31)29(35)32-28(26-15-9-4-10-16-26)30(36)34-22-37-21-27(34)20-33(19-25-13-7-3-8-14-25)18-17-24-11-5-2-6-12-24/h2-3,5-8,11-14,23,26-28H,4,9-10,15-22,31H2,1H3,(H,32,35)/t23-,27+,28+/m0/s1. The number of nitrogens with zero attached hydrogens (tertiary/aromatic N) is 2. The lowest BCUT2D eigenvalue weighted by Gasteiger charge is -2.36. The summed E-state index contributed by atoms with van der Waals surface area (Å²) in [6, 6.07) is 20.2. The van der Waals surface area contributed by atoms with Crippen molar-refractivity contribution in [2.45, 2.75) is 70.1 Å². The molecule has 3 atom stereocenters. The summed E-state index contributed by atoms with van der Waals surface area (Å²) in [6.45, 7) is 4.28. The molecule has 0 spiro atoms. The molecule has 0 aromatic heterocycles. The van der Waals surface area contributed by atoms with Crippen LogP contribution in [-0.4, -0.2) is 64.5 Å². The SMILES string of the molecule is C[C@H](N)C(=O)N[C@@H](C(=O)N1CSC[C@H]1CN(CCc1ccccc1)Cc1ccccc1)C1CCCCC1. The average molecular weight is 523 g/mol. The van der Waals surface area contributed by atoms with Gasteiger partial charge in [0.15, 0.2) is 0 Å². The van der Waals surface area contributed by atoms with Gasteiger partial charge in [-0.1, -0.05) is 79.9 Å². The highest BCUT2D eigenvalue weighted by Crippen LogP contribution is 2.30. The first kappa shape index (κ1) is 27.7. The minimum absolute atomic E-state index is 0.0682. The minimum atomic E-state index is -0.623. The Bertz CT molecular complexity index is 982. The molecule has 2 aromatic carbocycles. The highest BCUT2D eigenvalue weighted by molar-refractivity contribution is 7.99. The zero-order valence-corrected chi connectivity index (χ0v) is 22.9. The number of carbonyl (C=O) groups excluding carboxylic acids is 2. The summed E-state index contributed by atoms with van der Waals surface area (Å²) >= 11 is 1.81. The molecule has 2 fully saturated rings. The van der Waals surface area contributed by atoms with Crippen LogP contribution in [0.1, 0.15) is 50.2 Å². The molecule has 1 aliphatic carbocycles. The quantitative estimate of drug-likeness (QED) is 0.466. The van der Waals surface area contributed by atoms with Crippen molar-refractivity contribution in [3.8, 4) is 0 Å². The highest BCUT2D eigenvalue weighted by Gasteiger charge is 2.39. The molecule has 6 nitrogen and oxygen atoms in total. The van der Waals surface area contributed by atoms with Gasteiger partial charge in [0.25, 0.3) is 0 Å². The Labute approximate surface area is 226 Å². The van der Waals surface area contributed by atoms with Crippen LogP contribution in [0.2, 0.25) is 0 Å². The normalized spacial score (nSPS) is 20.1. The molecule has 0 bridgehead atoms. The number of hydrogen-bond donors (Lipinski definition) is 2. The highest BCUT2D eigenvalue weighted by atomic mass is 32.2. The van der Waals surface area contributed by atoms with Gasteiger partial charge >= 0.3 is 0 Å². The van der Waals surface area contributed by atoms with Crippen molar-refractivity contribution in [3.05, 3.63) is 71.8 Å². The monoisotopic (exact) mass is 522 g/mol. The molecule has 37 heavy (non-hydrogen) atoms. The van der Waals surface area contributed by atoms with Gasteiger partial charge in [-0.3, -0.25) is 14.5 Å². The summed E-state index contributed by atoms with van der Waals surface area (Å²) in [5.41, 5.74) is 8.47. The lowest BCUT2D eigenvalue weighted by molar-refractivity contribution is -0.139. The first-order valence-corrected chi connectivity index (χ1v) is 14.9. The smallest absolute Gasteiger partial charge is 0.246 e. The third-order valence-electron chi connectivity index (χ3n) is 7.64. The number of nitrogens with two attached hydrogens (primary N) is 1. The maximum atomic E-state index is 14.0. The van der Waals surface area contributed by atoms with Gasteiger partial charge in [0, 0.05) is 25.4 Å². The van der Waals surface area contributed by atoms with Crippen LogP contribution in [0.3, 0.4) is 0 Å². The van der Waals surface area contributed by atoms with Gasteiger partial charge in [0.1, 0.15) is 6.04 Å². The van der Waals surface area contributed by atoms with Crippen LogP contribution in [0.4, 0.5) is 0 Å². The summed E-state index contributed by atoms with van der Waals surface area (Å²) in [5.74, 6) is 1.62. The number of thioether (sulfide) groups is 1. The molecule has 2 aromatic rings. The Hall–Kier alpha value is -2.35. The van der Waals surface area contributed by atoms with Crippen molar-refractivity contribution in [3.63, 3.8) is 0 Å². The van der Waals surface area contributed by atoms with Gasteiger partial charge in [-0.2, -0.15) is 0 Å². The van der Waals surface area contributed by atoms with Crippen molar-refractivity contribution >= 4 is 23.6 Å². The van der Waals surface area contributed by atoms with Gasteiger partial charge in [-0.05, 0) is 43.2 Å². The Balaban J connectivity index is 1.47. The van der Waals surface area contributed by atoms with Crippen LogP contribution >= 0.6 is 11.8 Å². The Kier molecular flexibility index (Phi) is 10.5. The topological polar surface area (TPSA) is 78.7 Å². The second-order valence-corrected chi connectivity index (χ2v) is 11.6. The van der Waals surface area contributed by atoms with E-state index < -0.39 is 12.1 Å². The predicted octanol–water partition coefficient (Wildman–Crippen LogP) is 4.05. The maximum absolute atomic E-state index is 14.0. The number of benzene rings is 2. The van der Waals surface area contributed by atoms with E-state index in [0.29, 0.717) is 5.88 Å². The van der Waals surface area contributed by atoms with Gasteiger partial charge in [0.2, 0.25) is 11.8 Å². The van der Waals surface area contributed by atoms with Crippen LogP contribution in [0.25, 0.3) is 0 Å². The molecule has 0 radical (unpaired) electrons. The van der Waals surface area contributed by atoms with E-state index in [4.69, 9.17) is 5.73 Å². The molecule has 4 rings (SSSR count). The lowest BCUT2D eigenvalue weighted by Crippen LogP contribution is -2.57. The summed E-state index contributed by atoms with van der Waals surface area (Å²) in [4.78, 5) is 31.1. The van der Waals surface area contributed by atoms with Crippen LogP contribution < -0.4 is 11.1 Å². The van der Waals surface area contributed by atoms with Crippen LogP contribution in [0, 0.1) is 5.92 Å². The maximum Gasteiger partial charge on any atom is 0.246 e. The molecule has 3 N–H and O–H groups in total. The van der Waals surface area contributed by atoms with Gasteiger partial charge in [-0.15, -0.1) is 11.8 Å². The molecule has 1 saturated carbocycles. The summed E-state index contributed by atoms with van der Waals surface area (Å²) in [5, 5.41) is 3.05. The van der Waals surface area contributed by atoms with Crippen LogP contribution in [-0.2, 0) is 22.6 Å². The average Bonchev–Trinajstić information content (AvgIpc) is 3.39. The number of nitrogens with one attached hydrogen (secondary N) is 1. The molecule has 0 unspecified atom stereocenters. The van der Waals surface area contributed by atoms with E-state index in [2.05, 4.69) is 64.8 Å². The van der Waals surface area contributed by atoms with Crippen molar-refractivity contribution in [1.29, 1.82) is 0 Å². The number of amides is 2. The van der Waals surface area contributed by atoms with Crippen LogP contribution in [0.5, 0.6) is 0 Å². The minimum Gasteiger partial charge on any atom is -0.343 e. The Morgan fingerprint density at radius 3 is 2.32 bits per heavy atom. The van der Waals surface area contributed by atoms with E-state index >= 15 is 0 Å². The van der Waals surface area contributed by atoms with Gasteiger partial charge in [0.05, 0.1) is 18.0 Å². The van der Waals surface area contributed by atoms with Gasteiger partial charge < -0.3 is 16.0 Å². The second kappa shape index (κ2) is 14.0. The third-order valence-corrected chi connectivity index (χ3v) is 8.72. The summed E-state index contributed by atoms with van der Waals surface area (Å²) < 4.78 is 0. The van der Waals surface area contributed by atoms with E-state index in [0.717, 1.165) is 57.5 Å². The molecule has 2 amide bonds. The predicted molar refractivity (Wildman–Crippen MR) is 152 cm³/mol. The molecule has 2 aliphatic rings. The molecule has 7 heteroatoms. The fourth-order valence-corrected chi connectivity index (χ4v) is 6.69. The number of hydrogen-bond acceptors (Lipinski definition) is 5. The molecule has 1 aliphatic heterocycles.